The Balaban J connectivity index is 1.55. The number of carboxylic acid groups (broad SMARTS) is 1. The van der Waals surface area contributed by atoms with Gasteiger partial charge in [-0.15, -0.1) is 0 Å². The molecule has 4 nitrogen and oxygen atoms in total. The largest absolute Gasteiger partial charge is 0.489 e. The molecule has 4 aromatic rings. The van der Waals surface area contributed by atoms with Gasteiger partial charge in [-0.25, -0.2) is 9.78 Å². The van der Waals surface area contributed by atoms with E-state index in [1.54, 1.807) is 12.1 Å². The first-order valence-corrected chi connectivity index (χ1v) is 9.27. The second kappa shape index (κ2) is 8.40. The third-order valence-corrected chi connectivity index (χ3v) is 4.52. The van der Waals surface area contributed by atoms with Crippen LogP contribution < -0.4 is 4.74 Å². The molecular weight excluding hydrogens is 362 g/mol. The molecule has 4 heteroatoms. The molecule has 0 atom stereocenters. The zero-order valence-corrected chi connectivity index (χ0v) is 15.7. The fourth-order valence-corrected chi connectivity index (χ4v) is 3.09. The molecule has 0 saturated heterocycles. The van der Waals surface area contributed by atoms with Gasteiger partial charge < -0.3 is 9.84 Å². The summed E-state index contributed by atoms with van der Waals surface area (Å²) >= 11 is 0. The van der Waals surface area contributed by atoms with Gasteiger partial charge in [0.05, 0.1) is 16.8 Å². The van der Waals surface area contributed by atoms with E-state index in [0.717, 1.165) is 16.9 Å². The average molecular weight is 381 g/mol. The van der Waals surface area contributed by atoms with Crippen LogP contribution in [0.25, 0.3) is 23.1 Å². The third kappa shape index (κ3) is 4.50. The van der Waals surface area contributed by atoms with Gasteiger partial charge in [0.1, 0.15) is 12.4 Å². The third-order valence-electron chi connectivity index (χ3n) is 4.52. The van der Waals surface area contributed by atoms with Gasteiger partial charge in [0, 0.05) is 5.39 Å². The highest BCUT2D eigenvalue weighted by Crippen LogP contribution is 2.21. The molecular formula is C25H19NO3. The Morgan fingerprint density at radius 1 is 0.897 bits per heavy atom. The van der Waals surface area contributed by atoms with Gasteiger partial charge in [-0.2, -0.15) is 0 Å². The topological polar surface area (TPSA) is 59.4 Å². The number of rotatable bonds is 6. The van der Waals surface area contributed by atoms with Gasteiger partial charge >= 0.3 is 5.97 Å². The first-order chi connectivity index (χ1) is 14.2. The Morgan fingerprint density at radius 2 is 1.69 bits per heavy atom. The summed E-state index contributed by atoms with van der Waals surface area (Å²) in [5, 5.41) is 10.1. The van der Waals surface area contributed by atoms with Crippen LogP contribution in [0.3, 0.4) is 0 Å². The number of aromatic carboxylic acids is 1. The molecule has 1 aromatic heterocycles. The van der Waals surface area contributed by atoms with Crippen molar-refractivity contribution in [1.82, 2.24) is 4.98 Å². The first-order valence-electron chi connectivity index (χ1n) is 9.27. The molecule has 0 aliphatic heterocycles. The van der Waals surface area contributed by atoms with Gasteiger partial charge in [-0.05, 0) is 41.5 Å². The summed E-state index contributed by atoms with van der Waals surface area (Å²) in [4.78, 5) is 16.2. The molecule has 1 heterocycles. The normalized spacial score (nSPS) is 11.0. The number of nitrogens with zero attached hydrogens (tertiary/aromatic N) is 1. The van der Waals surface area contributed by atoms with Crippen LogP contribution in [0.1, 0.15) is 27.2 Å². The molecule has 0 spiro atoms. The molecule has 1 N–H and O–H groups in total. The standard InChI is InChI=1S/C25H19NO3/c27-25(28)23-16-20(26-24-12-5-4-11-22(23)24)14-13-18-9-6-10-21(15-18)29-17-19-7-2-1-3-8-19/h1-16H,17H2,(H,27,28)/b14-13+. The number of benzene rings is 3. The fourth-order valence-electron chi connectivity index (χ4n) is 3.09. The number of hydrogen-bond acceptors (Lipinski definition) is 3. The summed E-state index contributed by atoms with van der Waals surface area (Å²) < 4.78 is 5.87. The highest BCUT2D eigenvalue weighted by atomic mass is 16.5. The summed E-state index contributed by atoms with van der Waals surface area (Å²) in [5.74, 6) is -0.191. The van der Waals surface area contributed by atoms with Crippen LogP contribution in [0.15, 0.2) is 84.9 Å². The number of carbonyl (C=O) groups is 1. The van der Waals surface area contributed by atoms with Gasteiger partial charge in [0.2, 0.25) is 0 Å². The van der Waals surface area contributed by atoms with Gasteiger partial charge in [0.25, 0.3) is 0 Å². The van der Waals surface area contributed by atoms with E-state index < -0.39 is 5.97 Å². The number of pyridine rings is 1. The molecule has 29 heavy (non-hydrogen) atoms. The first kappa shape index (κ1) is 18.4. The predicted molar refractivity (Wildman–Crippen MR) is 115 cm³/mol. The Hall–Kier alpha value is -3.92. The molecule has 0 fully saturated rings. The van der Waals surface area contributed by atoms with E-state index in [-0.39, 0.29) is 5.56 Å². The van der Waals surface area contributed by atoms with E-state index in [9.17, 15) is 9.90 Å². The van der Waals surface area contributed by atoms with Gasteiger partial charge in [-0.3, -0.25) is 0 Å². The minimum absolute atomic E-state index is 0.246. The number of para-hydroxylation sites is 1. The molecule has 142 valence electrons. The van der Waals surface area contributed by atoms with Crippen LogP contribution in [0.5, 0.6) is 5.75 Å². The molecule has 0 aliphatic rings. The Morgan fingerprint density at radius 3 is 2.52 bits per heavy atom. The smallest absolute Gasteiger partial charge is 0.336 e. The van der Waals surface area contributed by atoms with Crippen molar-refractivity contribution < 1.29 is 14.6 Å². The molecule has 0 radical (unpaired) electrons. The zero-order valence-electron chi connectivity index (χ0n) is 15.7. The van der Waals surface area contributed by atoms with E-state index in [1.807, 2.05) is 84.9 Å². The molecule has 0 aliphatic carbocycles. The van der Waals surface area contributed by atoms with Crippen LogP contribution in [-0.4, -0.2) is 16.1 Å². The summed E-state index contributed by atoms with van der Waals surface area (Å²) in [5.41, 5.74) is 3.55. The second-order valence-corrected chi connectivity index (χ2v) is 6.60. The van der Waals surface area contributed by atoms with E-state index in [1.165, 1.54) is 0 Å². The molecule has 3 aromatic carbocycles. The van der Waals surface area contributed by atoms with Crippen LogP contribution in [0.4, 0.5) is 0 Å². The lowest BCUT2D eigenvalue weighted by molar-refractivity contribution is 0.0699. The number of ether oxygens (including phenoxy) is 1. The molecule has 0 bridgehead atoms. The number of carboxylic acids is 1. The Labute approximate surface area is 168 Å². The monoisotopic (exact) mass is 381 g/mol. The van der Waals surface area contributed by atoms with Gasteiger partial charge in [-0.1, -0.05) is 66.7 Å². The highest BCUT2D eigenvalue weighted by molar-refractivity contribution is 6.03. The van der Waals surface area contributed by atoms with Crippen molar-refractivity contribution in [2.24, 2.45) is 0 Å². The lowest BCUT2D eigenvalue weighted by Crippen LogP contribution is -2.00. The second-order valence-electron chi connectivity index (χ2n) is 6.60. The van der Waals surface area contributed by atoms with Crippen molar-refractivity contribution >= 4 is 29.0 Å². The minimum Gasteiger partial charge on any atom is -0.489 e. The zero-order chi connectivity index (χ0) is 20.1. The number of aromatic nitrogens is 1. The van der Waals surface area contributed by atoms with Crippen LogP contribution in [-0.2, 0) is 6.61 Å². The average Bonchev–Trinajstić information content (AvgIpc) is 2.76. The van der Waals surface area contributed by atoms with Crippen LogP contribution in [0.2, 0.25) is 0 Å². The van der Waals surface area contributed by atoms with E-state index in [2.05, 4.69) is 4.98 Å². The predicted octanol–water partition coefficient (Wildman–Crippen LogP) is 5.68. The maximum Gasteiger partial charge on any atom is 0.336 e. The van der Waals surface area contributed by atoms with E-state index >= 15 is 0 Å². The maximum absolute atomic E-state index is 11.6. The van der Waals surface area contributed by atoms with Crippen LogP contribution >= 0.6 is 0 Å². The number of fused-ring (bicyclic) bond motifs is 1. The summed E-state index contributed by atoms with van der Waals surface area (Å²) in [6, 6.07) is 26.6. The van der Waals surface area contributed by atoms with Crippen molar-refractivity contribution in [3.05, 3.63) is 107 Å². The molecule has 4 rings (SSSR count). The fraction of sp³-hybridized carbons (Fsp3) is 0.0400. The molecule has 0 unspecified atom stereocenters. The summed E-state index contributed by atoms with van der Waals surface area (Å²) in [6.07, 6.45) is 3.72. The van der Waals surface area contributed by atoms with Crippen molar-refractivity contribution in [1.29, 1.82) is 0 Å². The maximum atomic E-state index is 11.6. The van der Waals surface area contributed by atoms with Crippen molar-refractivity contribution in [3.63, 3.8) is 0 Å². The molecule has 0 amide bonds. The van der Waals surface area contributed by atoms with Gasteiger partial charge in [0.15, 0.2) is 0 Å². The quantitative estimate of drug-likeness (QED) is 0.467. The van der Waals surface area contributed by atoms with Crippen LogP contribution in [0, 0.1) is 0 Å². The SMILES string of the molecule is O=C(O)c1cc(/C=C/c2cccc(OCc3ccccc3)c2)nc2ccccc12. The van der Waals surface area contributed by atoms with E-state index in [4.69, 9.17) is 4.74 Å². The lowest BCUT2D eigenvalue weighted by atomic mass is 10.1. The summed E-state index contributed by atoms with van der Waals surface area (Å²) in [6.45, 7) is 0.502. The highest BCUT2D eigenvalue weighted by Gasteiger charge is 2.10. The van der Waals surface area contributed by atoms with Crippen molar-refractivity contribution in [2.45, 2.75) is 6.61 Å². The number of hydrogen-bond donors (Lipinski definition) is 1. The van der Waals surface area contributed by atoms with Crippen molar-refractivity contribution in [2.75, 3.05) is 0 Å². The summed E-state index contributed by atoms with van der Waals surface area (Å²) in [7, 11) is 0. The Bertz CT molecular complexity index is 1180. The van der Waals surface area contributed by atoms with Crippen molar-refractivity contribution in [3.8, 4) is 5.75 Å². The molecule has 0 saturated carbocycles. The Kier molecular flexibility index (Phi) is 5.34. The van der Waals surface area contributed by atoms with E-state index in [0.29, 0.717) is 23.2 Å². The minimum atomic E-state index is -0.963. The lowest BCUT2D eigenvalue weighted by Gasteiger charge is -2.07.